The van der Waals surface area contributed by atoms with Gasteiger partial charge in [0.2, 0.25) is 0 Å². The van der Waals surface area contributed by atoms with E-state index in [1.807, 2.05) is 30.3 Å². The molecule has 19 heavy (non-hydrogen) atoms. The van der Waals surface area contributed by atoms with Crippen LogP contribution in [0.2, 0.25) is 0 Å². The molecular formula is C16H20N2O. The number of pyridine rings is 1. The van der Waals surface area contributed by atoms with Gasteiger partial charge in [-0.05, 0) is 35.8 Å². The third-order valence-electron chi connectivity index (χ3n) is 4.27. The maximum absolute atomic E-state index is 12.0. The number of aromatic amines is 1. The molecule has 1 aliphatic rings. The molecule has 0 aliphatic heterocycles. The minimum absolute atomic E-state index is 0.0165. The quantitative estimate of drug-likeness (QED) is 0.882. The highest BCUT2D eigenvalue weighted by molar-refractivity contribution is 5.83. The number of hydrogen-bond acceptors (Lipinski definition) is 2. The van der Waals surface area contributed by atoms with Gasteiger partial charge in [0, 0.05) is 11.9 Å². The van der Waals surface area contributed by atoms with Gasteiger partial charge in [0.25, 0.3) is 5.56 Å². The third kappa shape index (κ3) is 2.50. The molecule has 2 aromatic rings. The molecule has 1 heterocycles. The summed E-state index contributed by atoms with van der Waals surface area (Å²) in [5, 5.41) is 5.15. The lowest BCUT2D eigenvalue weighted by molar-refractivity contribution is 0.361. The fraction of sp³-hybridized carbons (Fsp3) is 0.438. The van der Waals surface area contributed by atoms with Crippen molar-refractivity contribution in [3.05, 3.63) is 40.7 Å². The van der Waals surface area contributed by atoms with Gasteiger partial charge in [0.15, 0.2) is 0 Å². The fourth-order valence-electron chi connectivity index (χ4n) is 3.02. The second kappa shape index (κ2) is 4.72. The second-order valence-corrected chi connectivity index (χ2v) is 5.97. The van der Waals surface area contributed by atoms with Crippen LogP contribution in [0, 0.1) is 5.41 Å². The molecule has 1 aromatic heterocycles. The Balaban J connectivity index is 1.83. The number of benzene rings is 1. The molecule has 0 amide bonds. The fourth-order valence-corrected chi connectivity index (χ4v) is 3.02. The van der Waals surface area contributed by atoms with E-state index in [2.05, 4.69) is 17.2 Å². The molecule has 3 nitrogen and oxygen atoms in total. The van der Waals surface area contributed by atoms with Crippen LogP contribution in [-0.2, 0) is 0 Å². The highest BCUT2D eigenvalue weighted by atomic mass is 16.1. The van der Waals surface area contributed by atoms with Crippen LogP contribution in [0.3, 0.4) is 0 Å². The van der Waals surface area contributed by atoms with Crippen molar-refractivity contribution in [2.24, 2.45) is 5.41 Å². The molecule has 0 unspecified atom stereocenters. The van der Waals surface area contributed by atoms with E-state index >= 15 is 0 Å². The van der Waals surface area contributed by atoms with E-state index in [9.17, 15) is 4.79 Å². The van der Waals surface area contributed by atoms with Gasteiger partial charge in [0.1, 0.15) is 5.82 Å². The Morgan fingerprint density at radius 1 is 1.26 bits per heavy atom. The molecule has 1 saturated carbocycles. The van der Waals surface area contributed by atoms with Crippen LogP contribution < -0.4 is 10.9 Å². The zero-order chi connectivity index (χ0) is 13.3. The molecule has 100 valence electrons. The first-order valence-electron chi connectivity index (χ1n) is 7.02. The molecular weight excluding hydrogens is 236 g/mol. The lowest BCUT2D eigenvalue weighted by Gasteiger charge is -2.24. The van der Waals surface area contributed by atoms with Crippen molar-refractivity contribution >= 4 is 16.6 Å². The Labute approximate surface area is 113 Å². The number of aromatic nitrogens is 1. The van der Waals surface area contributed by atoms with E-state index in [4.69, 9.17) is 0 Å². The summed E-state index contributed by atoms with van der Waals surface area (Å²) < 4.78 is 0. The standard InChI is InChI=1S/C16H20N2O/c1-16(8-4-5-9-16)11-17-14-10-12-6-2-3-7-13(12)15(19)18-14/h2-3,6-7,10H,4-5,8-9,11H2,1H3,(H2,17,18,19). The van der Waals surface area contributed by atoms with Crippen molar-refractivity contribution in [2.75, 3.05) is 11.9 Å². The van der Waals surface area contributed by atoms with E-state index in [-0.39, 0.29) is 5.56 Å². The molecule has 3 rings (SSSR count). The minimum Gasteiger partial charge on any atom is -0.371 e. The van der Waals surface area contributed by atoms with Crippen molar-refractivity contribution in [1.82, 2.24) is 4.98 Å². The van der Waals surface area contributed by atoms with Crippen LogP contribution in [0.1, 0.15) is 32.6 Å². The zero-order valence-electron chi connectivity index (χ0n) is 11.3. The molecule has 1 aromatic carbocycles. The molecule has 1 aliphatic carbocycles. The lowest BCUT2D eigenvalue weighted by Crippen LogP contribution is -2.24. The van der Waals surface area contributed by atoms with Gasteiger partial charge >= 0.3 is 0 Å². The van der Waals surface area contributed by atoms with Crippen molar-refractivity contribution < 1.29 is 0 Å². The van der Waals surface area contributed by atoms with E-state index in [0.29, 0.717) is 5.41 Å². The number of rotatable bonds is 3. The summed E-state index contributed by atoms with van der Waals surface area (Å²) in [6, 6.07) is 9.71. The predicted octanol–water partition coefficient (Wildman–Crippen LogP) is 3.52. The first-order chi connectivity index (χ1) is 9.16. The Morgan fingerprint density at radius 2 is 2.00 bits per heavy atom. The lowest BCUT2D eigenvalue weighted by atomic mass is 9.89. The Morgan fingerprint density at radius 3 is 2.79 bits per heavy atom. The van der Waals surface area contributed by atoms with Gasteiger partial charge in [0.05, 0.1) is 0 Å². The highest BCUT2D eigenvalue weighted by Gasteiger charge is 2.28. The van der Waals surface area contributed by atoms with Crippen LogP contribution in [0.4, 0.5) is 5.82 Å². The predicted molar refractivity (Wildman–Crippen MR) is 79.6 cm³/mol. The number of H-pyrrole nitrogens is 1. The maximum Gasteiger partial charge on any atom is 0.257 e. The number of fused-ring (bicyclic) bond motifs is 1. The van der Waals surface area contributed by atoms with Crippen LogP contribution in [0.5, 0.6) is 0 Å². The molecule has 0 bridgehead atoms. The largest absolute Gasteiger partial charge is 0.371 e. The minimum atomic E-state index is -0.0165. The van der Waals surface area contributed by atoms with E-state index in [1.54, 1.807) is 0 Å². The maximum atomic E-state index is 12.0. The highest BCUT2D eigenvalue weighted by Crippen LogP contribution is 2.37. The smallest absolute Gasteiger partial charge is 0.257 e. The van der Waals surface area contributed by atoms with Gasteiger partial charge in [-0.3, -0.25) is 4.79 Å². The van der Waals surface area contributed by atoms with Crippen LogP contribution in [0.25, 0.3) is 10.8 Å². The summed E-state index contributed by atoms with van der Waals surface area (Å²) in [5.74, 6) is 0.830. The molecule has 0 spiro atoms. The first-order valence-corrected chi connectivity index (χ1v) is 7.02. The van der Waals surface area contributed by atoms with E-state index < -0.39 is 0 Å². The normalized spacial score (nSPS) is 17.7. The number of anilines is 1. The summed E-state index contributed by atoms with van der Waals surface area (Å²) in [6.45, 7) is 3.26. The SMILES string of the molecule is CC1(CNc2cc3ccccc3c(=O)[nH]2)CCCC1. The topological polar surface area (TPSA) is 44.9 Å². The van der Waals surface area contributed by atoms with E-state index in [1.165, 1.54) is 25.7 Å². The monoisotopic (exact) mass is 256 g/mol. The molecule has 0 saturated heterocycles. The van der Waals surface area contributed by atoms with Crippen molar-refractivity contribution in [3.63, 3.8) is 0 Å². The summed E-state index contributed by atoms with van der Waals surface area (Å²) in [6.07, 6.45) is 5.20. The molecule has 1 fully saturated rings. The second-order valence-electron chi connectivity index (χ2n) is 5.97. The van der Waals surface area contributed by atoms with Gasteiger partial charge in [-0.25, -0.2) is 0 Å². The molecule has 3 heteroatoms. The number of hydrogen-bond donors (Lipinski definition) is 2. The van der Waals surface area contributed by atoms with Gasteiger partial charge in [-0.15, -0.1) is 0 Å². The van der Waals surface area contributed by atoms with Crippen molar-refractivity contribution in [2.45, 2.75) is 32.6 Å². The average molecular weight is 256 g/mol. The van der Waals surface area contributed by atoms with Crippen molar-refractivity contribution in [1.29, 1.82) is 0 Å². The third-order valence-corrected chi connectivity index (χ3v) is 4.27. The van der Waals surface area contributed by atoms with Crippen LogP contribution in [-0.4, -0.2) is 11.5 Å². The Hall–Kier alpha value is -1.77. The summed E-state index contributed by atoms with van der Waals surface area (Å²) >= 11 is 0. The van der Waals surface area contributed by atoms with Crippen molar-refractivity contribution in [3.8, 4) is 0 Å². The zero-order valence-corrected chi connectivity index (χ0v) is 11.3. The summed E-state index contributed by atoms with van der Waals surface area (Å²) in [5.41, 5.74) is 0.361. The van der Waals surface area contributed by atoms with Crippen LogP contribution >= 0.6 is 0 Å². The van der Waals surface area contributed by atoms with Crippen LogP contribution in [0.15, 0.2) is 35.1 Å². The molecule has 0 radical (unpaired) electrons. The number of nitrogens with one attached hydrogen (secondary N) is 2. The van der Waals surface area contributed by atoms with Gasteiger partial charge in [-0.1, -0.05) is 38.0 Å². The summed E-state index contributed by atoms with van der Waals surface area (Å²) in [4.78, 5) is 14.9. The Bertz CT molecular complexity index is 638. The van der Waals surface area contributed by atoms with Gasteiger partial charge < -0.3 is 10.3 Å². The van der Waals surface area contributed by atoms with Gasteiger partial charge in [-0.2, -0.15) is 0 Å². The molecule has 0 atom stereocenters. The van der Waals surface area contributed by atoms with E-state index in [0.717, 1.165) is 23.1 Å². The molecule has 2 N–H and O–H groups in total. The average Bonchev–Trinajstić information content (AvgIpc) is 2.84. The first kappa shape index (κ1) is 12.3. The Kier molecular flexibility index (Phi) is 3.05. The summed E-state index contributed by atoms with van der Waals surface area (Å²) in [7, 11) is 0.